The van der Waals surface area contributed by atoms with E-state index in [1.54, 1.807) is 0 Å². The minimum absolute atomic E-state index is 0.00215. The summed E-state index contributed by atoms with van der Waals surface area (Å²) in [6, 6.07) is 0. The Morgan fingerprint density at radius 1 is 1.00 bits per heavy atom. The van der Waals surface area contributed by atoms with E-state index >= 15 is 0 Å². The van der Waals surface area contributed by atoms with Gasteiger partial charge >= 0.3 is 12.1 Å². The van der Waals surface area contributed by atoms with E-state index in [0.29, 0.717) is 19.6 Å². The first-order valence-corrected chi connectivity index (χ1v) is 10.9. The molecule has 0 spiro atoms. The highest BCUT2D eigenvalue weighted by molar-refractivity contribution is 5.82. The highest BCUT2D eigenvalue weighted by atomic mass is 16.7. The lowest BCUT2D eigenvalue weighted by Gasteiger charge is -2.25. The van der Waals surface area contributed by atoms with Gasteiger partial charge in [0.15, 0.2) is 0 Å². The summed E-state index contributed by atoms with van der Waals surface area (Å²) in [6.07, 6.45) is 7.95. The third-order valence-corrected chi connectivity index (χ3v) is 5.91. The monoisotopic (exact) mass is 424 g/mol. The van der Waals surface area contributed by atoms with Gasteiger partial charge in [0.1, 0.15) is 12.2 Å². The maximum Gasteiger partial charge on any atom is 0.407 e. The number of aliphatic carboxylic acids is 1. The number of rotatable bonds is 13. The summed E-state index contributed by atoms with van der Waals surface area (Å²) in [4.78, 5) is 34.2. The Labute approximate surface area is 176 Å². The second kappa shape index (κ2) is 10.8. The molecule has 6 atom stereocenters. The van der Waals surface area contributed by atoms with Crippen LogP contribution in [0.5, 0.6) is 0 Å². The van der Waals surface area contributed by atoms with Crippen LogP contribution in [0, 0.1) is 11.8 Å². The maximum atomic E-state index is 12.1. The number of unbranched alkanes of at least 4 members (excludes halogenated alkanes) is 2. The van der Waals surface area contributed by atoms with E-state index in [0.717, 1.165) is 25.7 Å². The van der Waals surface area contributed by atoms with Gasteiger partial charge in [0.2, 0.25) is 5.91 Å². The summed E-state index contributed by atoms with van der Waals surface area (Å²) in [7, 11) is 0. The van der Waals surface area contributed by atoms with Crippen LogP contribution in [0.3, 0.4) is 0 Å². The lowest BCUT2D eigenvalue weighted by molar-refractivity contribution is -0.137. The molecule has 3 N–H and O–H groups in total. The molecule has 0 aromatic carbocycles. The van der Waals surface area contributed by atoms with Gasteiger partial charge < -0.3 is 30.0 Å². The molecule has 3 heterocycles. The molecule has 3 aliphatic rings. The van der Waals surface area contributed by atoms with Crippen molar-refractivity contribution in [2.75, 3.05) is 19.7 Å². The van der Waals surface area contributed by atoms with Crippen LogP contribution in [0.1, 0.15) is 45.4 Å². The first-order chi connectivity index (χ1) is 14.5. The van der Waals surface area contributed by atoms with Crippen LogP contribution in [0.25, 0.3) is 0 Å². The molecule has 9 nitrogen and oxygen atoms in total. The molecule has 0 radical (unpaired) electrons. The zero-order chi connectivity index (χ0) is 21.5. The number of carboxylic acid groups (broad SMARTS) is 1. The quantitative estimate of drug-likeness (QED) is 0.233. The molecular weight excluding hydrogens is 392 g/mol. The minimum atomic E-state index is -0.777. The predicted molar refractivity (Wildman–Crippen MR) is 107 cm³/mol. The van der Waals surface area contributed by atoms with Crippen molar-refractivity contribution in [3.8, 4) is 0 Å². The van der Waals surface area contributed by atoms with E-state index in [2.05, 4.69) is 16.7 Å². The molecule has 0 saturated carbocycles. The molecule has 0 aliphatic carbocycles. The van der Waals surface area contributed by atoms with E-state index in [4.69, 9.17) is 19.3 Å². The number of carbonyl (C=O) groups excluding carboxylic acids is 2. The number of allylic oxidation sites excluding steroid dienone is 2. The Balaban J connectivity index is 1.39. The molecule has 0 unspecified atom stereocenters. The Bertz CT molecular complexity index is 653. The van der Waals surface area contributed by atoms with Crippen LogP contribution in [0.2, 0.25) is 0 Å². The van der Waals surface area contributed by atoms with E-state index in [1.165, 1.54) is 0 Å². The van der Waals surface area contributed by atoms with Gasteiger partial charge in [-0.3, -0.25) is 9.59 Å². The Morgan fingerprint density at radius 3 is 2.47 bits per heavy atom. The fourth-order valence-corrected chi connectivity index (χ4v) is 4.30. The normalized spacial score (nSPS) is 30.8. The van der Waals surface area contributed by atoms with Crippen molar-refractivity contribution < 1.29 is 33.7 Å². The van der Waals surface area contributed by atoms with Crippen molar-refractivity contribution in [2.45, 2.75) is 69.9 Å². The maximum absolute atomic E-state index is 12.1. The molecule has 2 amide bonds. The third kappa shape index (κ3) is 5.95. The molecule has 2 bridgehead atoms. The lowest BCUT2D eigenvalue weighted by Crippen LogP contribution is -2.44. The van der Waals surface area contributed by atoms with Crippen LogP contribution in [-0.4, -0.2) is 67.2 Å². The second-order valence-electron chi connectivity index (χ2n) is 8.10. The minimum Gasteiger partial charge on any atom is -0.481 e. The summed E-state index contributed by atoms with van der Waals surface area (Å²) in [6.45, 7) is 2.70. The number of ether oxygens (including phenoxy) is 3. The summed E-state index contributed by atoms with van der Waals surface area (Å²) < 4.78 is 16.7. The van der Waals surface area contributed by atoms with Gasteiger partial charge in [0.25, 0.3) is 0 Å². The van der Waals surface area contributed by atoms with Crippen LogP contribution < -0.4 is 10.6 Å². The highest BCUT2D eigenvalue weighted by Crippen LogP contribution is 2.54. The molecule has 30 heavy (non-hydrogen) atoms. The first-order valence-electron chi connectivity index (χ1n) is 10.9. The highest BCUT2D eigenvalue weighted by Gasteiger charge is 2.68. The smallest absolute Gasteiger partial charge is 0.407 e. The van der Waals surface area contributed by atoms with Gasteiger partial charge in [-0.05, 0) is 31.6 Å². The number of alkyl carbamates (subject to hydrolysis) is 1. The molecule has 3 fully saturated rings. The number of carbonyl (C=O) groups is 3. The number of carboxylic acids is 1. The van der Waals surface area contributed by atoms with Gasteiger partial charge in [-0.1, -0.05) is 25.5 Å². The van der Waals surface area contributed by atoms with Crippen molar-refractivity contribution in [2.24, 2.45) is 11.8 Å². The van der Waals surface area contributed by atoms with Crippen LogP contribution in [0.15, 0.2) is 12.2 Å². The zero-order valence-electron chi connectivity index (χ0n) is 17.4. The number of epoxide rings is 1. The van der Waals surface area contributed by atoms with E-state index in [-0.39, 0.29) is 55.1 Å². The van der Waals surface area contributed by atoms with Crippen LogP contribution in [0.4, 0.5) is 4.79 Å². The molecular formula is C21H32N2O7. The van der Waals surface area contributed by atoms with Crippen molar-refractivity contribution in [3.63, 3.8) is 0 Å². The SMILES string of the molecule is CCCCOC(=O)NCC(=O)NC[C@@H]1[C@H](CC=CCCCC(=O)O)[C@H]2O[C@@H]1[C@H]1O[C@H]12. The fraction of sp³-hybridized carbons (Fsp3) is 0.762. The molecule has 3 rings (SSSR count). The number of fused-ring (bicyclic) bond motifs is 5. The summed E-state index contributed by atoms with van der Waals surface area (Å²) in [5.74, 6) is -0.632. The van der Waals surface area contributed by atoms with Gasteiger partial charge in [-0.25, -0.2) is 4.79 Å². The summed E-state index contributed by atoms with van der Waals surface area (Å²) >= 11 is 0. The first kappa shape index (κ1) is 22.6. The topological polar surface area (TPSA) is 126 Å². The standard InChI is InChI=1S/C21H32N2O7/c1-2-3-10-28-21(27)23-12-15(24)22-11-14-13(8-6-4-5-7-9-16(25)26)17-19-20(30-19)18(14)29-17/h4,6,13-14,17-20H,2-3,5,7-12H2,1H3,(H,22,24)(H,23,27)(H,25,26)/t13-,14+,17+,18-,19-,20+/m0/s1. The van der Waals surface area contributed by atoms with Gasteiger partial charge in [-0.2, -0.15) is 0 Å². The largest absolute Gasteiger partial charge is 0.481 e. The van der Waals surface area contributed by atoms with E-state index < -0.39 is 12.1 Å². The van der Waals surface area contributed by atoms with Gasteiger partial charge in [0.05, 0.1) is 25.4 Å². The fourth-order valence-electron chi connectivity index (χ4n) is 4.30. The second-order valence-corrected chi connectivity index (χ2v) is 8.10. The average molecular weight is 424 g/mol. The van der Waals surface area contributed by atoms with Crippen molar-refractivity contribution in [1.82, 2.24) is 10.6 Å². The molecule has 3 aliphatic heterocycles. The molecule has 0 aromatic heterocycles. The van der Waals surface area contributed by atoms with E-state index in [9.17, 15) is 14.4 Å². The van der Waals surface area contributed by atoms with Gasteiger partial charge in [0, 0.05) is 18.9 Å². The number of amides is 2. The summed E-state index contributed by atoms with van der Waals surface area (Å²) in [5.41, 5.74) is 0. The molecule has 3 saturated heterocycles. The lowest BCUT2D eigenvalue weighted by atomic mass is 9.77. The van der Waals surface area contributed by atoms with E-state index in [1.807, 2.05) is 13.0 Å². The Hall–Kier alpha value is -2.13. The Kier molecular flexibility index (Phi) is 8.09. The third-order valence-electron chi connectivity index (χ3n) is 5.91. The average Bonchev–Trinajstić information content (AvgIpc) is 3.34. The number of hydrogen-bond donors (Lipinski definition) is 3. The molecule has 168 valence electrons. The molecule has 9 heteroatoms. The predicted octanol–water partition coefficient (Wildman–Crippen LogP) is 1.61. The van der Waals surface area contributed by atoms with Crippen LogP contribution >= 0.6 is 0 Å². The van der Waals surface area contributed by atoms with Crippen LogP contribution in [-0.2, 0) is 23.8 Å². The number of hydrogen-bond acceptors (Lipinski definition) is 6. The Morgan fingerprint density at radius 2 is 1.73 bits per heavy atom. The zero-order valence-corrected chi connectivity index (χ0v) is 17.4. The van der Waals surface area contributed by atoms with Crippen molar-refractivity contribution in [3.05, 3.63) is 12.2 Å². The van der Waals surface area contributed by atoms with Crippen molar-refractivity contribution >= 4 is 18.0 Å². The van der Waals surface area contributed by atoms with Crippen molar-refractivity contribution in [1.29, 1.82) is 0 Å². The molecule has 0 aromatic rings. The number of nitrogens with one attached hydrogen (secondary N) is 2. The summed E-state index contributed by atoms with van der Waals surface area (Å²) in [5, 5.41) is 14.0. The van der Waals surface area contributed by atoms with Gasteiger partial charge in [-0.15, -0.1) is 0 Å².